The molecule has 4 nitrogen and oxygen atoms in total. The first-order valence-corrected chi connectivity index (χ1v) is 7.17. The van der Waals surface area contributed by atoms with Gasteiger partial charge in [0.05, 0.1) is 18.2 Å². The summed E-state index contributed by atoms with van der Waals surface area (Å²) >= 11 is 7.60. The topological polar surface area (TPSA) is 62.1 Å². The Labute approximate surface area is 136 Å². The maximum absolute atomic E-state index is 12.3. The van der Waals surface area contributed by atoms with Gasteiger partial charge in [0.2, 0.25) is 0 Å². The molecule has 2 aromatic rings. The van der Waals surface area contributed by atoms with Gasteiger partial charge in [0.15, 0.2) is 0 Å². The van der Waals surface area contributed by atoms with Crippen molar-refractivity contribution in [1.29, 1.82) is 5.26 Å². The lowest BCUT2D eigenvalue weighted by Gasteiger charge is -2.12. The van der Waals surface area contributed by atoms with Crippen molar-refractivity contribution in [3.8, 4) is 11.8 Å². The normalized spacial score (nSPS) is 9.81. The van der Waals surface area contributed by atoms with Crippen LogP contribution in [-0.2, 0) is 0 Å². The summed E-state index contributed by atoms with van der Waals surface area (Å²) < 4.78 is 6.01. The zero-order chi connectivity index (χ0) is 15.4. The molecule has 6 heteroatoms. The Hall–Kier alpha value is -1.97. The van der Waals surface area contributed by atoms with Crippen LogP contribution in [0.25, 0.3) is 0 Å². The molecule has 0 heterocycles. The van der Waals surface area contributed by atoms with Crippen LogP contribution in [0.2, 0.25) is 0 Å². The van der Waals surface area contributed by atoms with E-state index in [1.165, 1.54) is 7.11 Å². The third kappa shape index (κ3) is 3.38. The van der Waals surface area contributed by atoms with E-state index in [9.17, 15) is 4.79 Å². The second-order valence-electron chi connectivity index (χ2n) is 4.11. The number of thiol groups is 1. The van der Waals surface area contributed by atoms with Crippen molar-refractivity contribution < 1.29 is 9.53 Å². The minimum Gasteiger partial charge on any atom is -0.495 e. The summed E-state index contributed by atoms with van der Waals surface area (Å²) in [6.45, 7) is 0. The molecule has 0 aliphatic carbocycles. The van der Waals surface area contributed by atoms with Crippen LogP contribution in [0.4, 0.5) is 5.69 Å². The van der Waals surface area contributed by atoms with Crippen LogP contribution < -0.4 is 10.1 Å². The standard InChI is InChI=1S/C15H11BrN2O2S/c1-20-12-4-2-3-9(8-17)14(12)18-15(19)11-6-5-10(16)7-13(11)21/h2-7,21H,1H3,(H,18,19). The smallest absolute Gasteiger partial charge is 0.256 e. The van der Waals surface area contributed by atoms with Crippen molar-refractivity contribution in [3.05, 3.63) is 52.0 Å². The average Bonchev–Trinajstić information content (AvgIpc) is 2.47. The summed E-state index contributed by atoms with van der Waals surface area (Å²) in [5.41, 5.74) is 1.10. The van der Waals surface area contributed by atoms with Gasteiger partial charge in [-0.1, -0.05) is 22.0 Å². The lowest BCUT2D eigenvalue weighted by molar-refractivity contribution is 0.102. The van der Waals surface area contributed by atoms with Crippen LogP contribution in [0.1, 0.15) is 15.9 Å². The van der Waals surface area contributed by atoms with Gasteiger partial charge in [0.1, 0.15) is 17.5 Å². The fourth-order valence-corrected chi connectivity index (χ4v) is 2.65. The Bertz CT molecular complexity index is 741. The van der Waals surface area contributed by atoms with Gasteiger partial charge in [-0.25, -0.2) is 0 Å². The number of anilines is 1. The molecule has 0 fully saturated rings. The first-order valence-electron chi connectivity index (χ1n) is 5.93. The van der Waals surface area contributed by atoms with Crippen LogP contribution in [-0.4, -0.2) is 13.0 Å². The highest BCUT2D eigenvalue weighted by Crippen LogP contribution is 2.29. The summed E-state index contributed by atoms with van der Waals surface area (Å²) in [5, 5.41) is 11.8. The SMILES string of the molecule is COc1cccc(C#N)c1NC(=O)c1ccc(Br)cc1S. The molecule has 0 radical (unpaired) electrons. The van der Waals surface area contributed by atoms with Crippen molar-refractivity contribution in [2.75, 3.05) is 12.4 Å². The number of amides is 1. The van der Waals surface area contributed by atoms with Crippen molar-refractivity contribution in [1.82, 2.24) is 0 Å². The lowest BCUT2D eigenvalue weighted by Crippen LogP contribution is -2.14. The number of carbonyl (C=O) groups excluding carboxylic acids is 1. The molecule has 0 aliphatic rings. The minimum atomic E-state index is -0.353. The summed E-state index contributed by atoms with van der Waals surface area (Å²) in [4.78, 5) is 12.9. The number of nitriles is 1. The van der Waals surface area contributed by atoms with Gasteiger partial charge in [-0.2, -0.15) is 5.26 Å². The molecule has 21 heavy (non-hydrogen) atoms. The van der Waals surface area contributed by atoms with E-state index in [0.29, 0.717) is 27.5 Å². The van der Waals surface area contributed by atoms with Crippen molar-refractivity contribution in [3.63, 3.8) is 0 Å². The van der Waals surface area contributed by atoms with Gasteiger partial charge in [0, 0.05) is 9.37 Å². The Balaban J connectivity index is 2.38. The number of rotatable bonds is 3. The van der Waals surface area contributed by atoms with Gasteiger partial charge >= 0.3 is 0 Å². The first kappa shape index (κ1) is 15.4. The second-order valence-corrected chi connectivity index (χ2v) is 5.51. The summed E-state index contributed by atoms with van der Waals surface area (Å²) in [6.07, 6.45) is 0. The molecule has 0 aromatic heterocycles. The molecule has 2 aromatic carbocycles. The van der Waals surface area contributed by atoms with E-state index in [2.05, 4.69) is 33.9 Å². The molecule has 106 valence electrons. The fraction of sp³-hybridized carbons (Fsp3) is 0.0667. The molecule has 0 saturated carbocycles. The Morgan fingerprint density at radius 2 is 2.14 bits per heavy atom. The predicted octanol–water partition coefficient (Wildman–Crippen LogP) is 3.87. The molecule has 0 aliphatic heterocycles. The van der Waals surface area contributed by atoms with Crippen LogP contribution >= 0.6 is 28.6 Å². The van der Waals surface area contributed by atoms with Crippen molar-refractivity contribution >= 4 is 40.2 Å². The molecule has 0 atom stereocenters. The monoisotopic (exact) mass is 362 g/mol. The predicted molar refractivity (Wildman–Crippen MR) is 87.1 cm³/mol. The average molecular weight is 363 g/mol. The van der Waals surface area contributed by atoms with E-state index in [1.807, 2.05) is 6.07 Å². The van der Waals surface area contributed by atoms with Gasteiger partial charge in [-0.3, -0.25) is 4.79 Å². The molecule has 0 saturated heterocycles. The van der Waals surface area contributed by atoms with Gasteiger partial charge < -0.3 is 10.1 Å². The Morgan fingerprint density at radius 3 is 2.76 bits per heavy atom. The van der Waals surface area contributed by atoms with E-state index < -0.39 is 0 Å². The minimum absolute atomic E-state index is 0.334. The number of ether oxygens (including phenoxy) is 1. The van der Waals surface area contributed by atoms with Crippen LogP contribution in [0.3, 0.4) is 0 Å². The maximum Gasteiger partial charge on any atom is 0.256 e. The number of methoxy groups -OCH3 is 1. The number of para-hydroxylation sites is 1. The van der Waals surface area contributed by atoms with E-state index in [4.69, 9.17) is 10.00 Å². The third-order valence-electron chi connectivity index (χ3n) is 2.81. The number of nitrogens with one attached hydrogen (secondary N) is 1. The highest BCUT2D eigenvalue weighted by molar-refractivity contribution is 9.10. The van der Waals surface area contributed by atoms with E-state index in [-0.39, 0.29) is 5.91 Å². The molecule has 0 spiro atoms. The highest BCUT2D eigenvalue weighted by atomic mass is 79.9. The van der Waals surface area contributed by atoms with Crippen molar-refractivity contribution in [2.24, 2.45) is 0 Å². The molecule has 1 amide bonds. The van der Waals surface area contributed by atoms with Crippen LogP contribution in [0, 0.1) is 11.3 Å². The van der Waals surface area contributed by atoms with Gasteiger partial charge in [-0.05, 0) is 30.3 Å². The molecule has 1 N–H and O–H groups in total. The van der Waals surface area contributed by atoms with E-state index in [1.54, 1.807) is 36.4 Å². The molecular weight excluding hydrogens is 352 g/mol. The maximum atomic E-state index is 12.3. The summed E-state index contributed by atoms with van der Waals surface area (Å²) in [5.74, 6) is 0.0775. The molecular formula is C15H11BrN2O2S. The quantitative estimate of drug-likeness (QED) is 0.814. The number of nitrogens with zero attached hydrogens (tertiary/aromatic N) is 1. The molecule has 2 rings (SSSR count). The third-order valence-corrected chi connectivity index (χ3v) is 3.67. The second kappa shape index (κ2) is 6.66. The number of carbonyl (C=O) groups is 1. The molecule has 0 unspecified atom stereocenters. The largest absolute Gasteiger partial charge is 0.495 e. The van der Waals surface area contributed by atoms with Crippen LogP contribution in [0.15, 0.2) is 45.8 Å². The number of halogens is 1. The van der Waals surface area contributed by atoms with Gasteiger partial charge in [-0.15, -0.1) is 12.6 Å². The summed E-state index contributed by atoms with van der Waals surface area (Å²) in [6, 6.07) is 12.1. The number of benzene rings is 2. The highest BCUT2D eigenvalue weighted by Gasteiger charge is 2.15. The lowest BCUT2D eigenvalue weighted by atomic mass is 10.1. The van der Waals surface area contributed by atoms with E-state index in [0.717, 1.165) is 4.47 Å². The van der Waals surface area contributed by atoms with E-state index >= 15 is 0 Å². The summed E-state index contributed by atoms with van der Waals surface area (Å²) in [7, 11) is 1.48. The first-order chi connectivity index (χ1) is 10.1. The Kier molecular flexibility index (Phi) is 4.89. The zero-order valence-electron chi connectivity index (χ0n) is 11.1. The number of hydrogen-bond acceptors (Lipinski definition) is 4. The number of hydrogen-bond donors (Lipinski definition) is 2. The Morgan fingerprint density at radius 1 is 1.38 bits per heavy atom. The molecule has 0 bridgehead atoms. The van der Waals surface area contributed by atoms with Gasteiger partial charge in [0.25, 0.3) is 5.91 Å². The zero-order valence-corrected chi connectivity index (χ0v) is 13.5. The fourth-order valence-electron chi connectivity index (χ4n) is 1.80. The van der Waals surface area contributed by atoms with Crippen LogP contribution in [0.5, 0.6) is 5.75 Å². The van der Waals surface area contributed by atoms with Crippen molar-refractivity contribution in [2.45, 2.75) is 4.90 Å².